The maximum Gasteiger partial charge on any atom is 0.147 e. The van der Waals surface area contributed by atoms with Gasteiger partial charge in [-0.2, -0.15) is 0 Å². The van der Waals surface area contributed by atoms with E-state index in [4.69, 9.17) is 21.4 Å². The molecule has 1 aromatic carbocycles. The number of rotatable bonds is 5. The molecule has 2 aromatic rings. The average molecular weight is 265 g/mol. The largest absolute Gasteiger partial charge is 0.487 e. The van der Waals surface area contributed by atoms with Gasteiger partial charge in [0.15, 0.2) is 0 Å². The second kappa shape index (κ2) is 6.33. The molecule has 4 nitrogen and oxygen atoms in total. The highest BCUT2D eigenvalue weighted by Crippen LogP contribution is 2.19. The fourth-order valence-electron chi connectivity index (χ4n) is 1.54. The molecule has 0 aliphatic rings. The van der Waals surface area contributed by atoms with E-state index in [1.54, 1.807) is 6.20 Å². The van der Waals surface area contributed by atoms with Gasteiger partial charge in [-0.3, -0.25) is 4.98 Å². The molecule has 94 valence electrons. The first-order valence-electron chi connectivity index (χ1n) is 5.57. The smallest absolute Gasteiger partial charge is 0.147 e. The Hall–Kier alpha value is -1.65. The Balaban J connectivity index is 2.03. The highest BCUT2D eigenvalue weighted by atomic mass is 35.5. The average Bonchev–Trinajstić information content (AvgIpc) is 2.40. The highest BCUT2D eigenvalue weighted by molar-refractivity contribution is 6.29. The number of hydrogen-bond donors (Lipinski definition) is 1. The Morgan fingerprint density at radius 2 is 2.00 bits per heavy atom. The molecule has 0 bridgehead atoms. The number of hydrogen-bond acceptors (Lipinski definition) is 4. The van der Waals surface area contributed by atoms with E-state index in [1.165, 1.54) is 6.20 Å². The Morgan fingerprint density at radius 1 is 1.17 bits per heavy atom. The fraction of sp³-hybridized carbons (Fsp3) is 0.231. The van der Waals surface area contributed by atoms with Crippen LogP contribution >= 0.6 is 11.6 Å². The molecule has 0 aliphatic carbocycles. The third kappa shape index (κ3) is 3.42. The Morgan fingerprint density at radius 3 is 2.72 bits per heavy atom. The van der Waals surface area contributed by atoms with Crippen molar-refractivity contribution in [1.82, 2.24) is 9.97 Å². The molecule has 0 amide bonds. The van der Waals surface area contributed by atoms with Gasteiger partial charge in [-0.15, -0.1) is 0 Å². The van der Waals surface area contributed by atoms with E-state index in [0.717, 1.165) is 11.3 Å². The van der Waals surface area contributed by atoms with Crippen LogP contribution in [-0.4, -0.2) is 21.7 Å². The maximum absolute atomic E-state index is 8.97. The standard InChI is InChI=1S/C13H13ClN2O2/c14-13-8-15-11(7-16-13)9-18-12-4-2-1-3-10(12)5-6-17/h1-4,7-8,17H,5-6,9H2. The fourth-order valence-corrected chi connectivity index (χ4v) is 1.63. The van der Waals surface area contributed by atoms with Gasteiger partial charge in [0.2, 0.25) is 0 Å². The summed E-state index contributed by atoms with van der Waals surface area (Å²) in [6, 6.07) is 7.61. The lowest BCUT2D eigenvalue weighted by molar-refractivity contribution is 0.281. The van der Waals surface area contributed by atoms with Gasteiger partial charge in [-0.25, -0.2) is 4.98 Å². The van der Waals surface area contributed by atoms with E-state index in [9.17, 15) is 0 Å². The topological polar surface area (TPSA) is 55.2 Å². The van der Waals surface area contributed by atoms with Crippen molar-refractivity contribution >= 4 is 11.6 Å². The van der Waals surface area contributed by atoms with Crippen molar-refractivity contribution in [2.45, 2.75) is 13.0 Å². The van der Waals surface area contributed by atoms with E-state index >= 15 is 0 Å². The molecule has 0 spiro atoms. The van der Waals surface area contributed by atoms with Gasteiger partial charge in [0.05, 0.1) is 18.1 Å². The molecular formula is C13H13ClN2O2. The lowest BCUT2D eigenvalue weighted by Gasteiger charge is -2.10. The van der Waals surface area contributed by atoms with Crippen LogP contribution in [0.25, 0.3) is 0 Å². The number of benzene rings is 1. The number of ether oxygens (including phenoxy) is 1. The number of aliphatic hydroxyl groups is 1. The summed E-state index contributed by atoms with van der Waals surface area (Å²) in [5, 5.41) is 9.33. The molecule has 0 atom stereocenters. The molecule has 0 unspecified atom stereocenters. The van der Waals surface area contributed by atoms with Crippen molar-refractivity contribution in [3.63, 3.8) is 0 Å². The van der Waals surface area contributed by atoms with E-state index in [2.05, 4.69) is 9.97 Å². The third-order valence-electron chi connectivity index (χ3n) is 2.40. The molecular weight excluding hydrogens is 252 g/mol. The van der Waals surface area contributed by atoms with Gasteiger partial charge in [0.1, 0.15) is 17.5 Å². The second-order valence-corrected chi connectivity index (χ2v) is 4.09. The zero-order valence-corrected chi connectivity index (χ0v) is 10.5. The van der Waals surface area contributed by atoms with Crippen LogP contribution in [0.4, 0.5) is 0 Å². The second-order valence-electron chi connectivity index (χ2n) is 3.70. The van der Waals surface area contributed by atoms with E-state index in [1.807, 2.05) is 24.3 Å². The first-order chi connectivity index (χ1) is 8.79. The normalized spacial score (nSPS) is 10.3. The van der Waals surface area contributed by atoms with Crippen molar-refractivity contribution in [2.24, 2.45) is 0 Å². The molecule has 2 rings (SSSR count). The molecule has 0 radical (unpaired) electrons. The molecule has 5 heteroatoms. The van der Waals surface area contributed by atoms with Crippen LogP contribution in [0, 0.1) is 0 Å². The predicted octanol–water partition coefficient (Wildman–Crippen LogP) is 2.24. The lowest BCUT2D eigenvalue weighted by Crippen LogP contribution is -2.02. The van der Waals surface area contributed by atoms with E-state index in [0.29, 0.717) is 23.9 Å². The van der Waals surface area contributed by atoms with Crippen molar-refractivity contribution in [3.05, 3.63) is 53.1 Å². The lowest BCUT2D eigenvalue weighted by atomic mass is 10.1. The van der Waals surface area contributed by atoms with Crippen LogP contribution in [0.2, 0.25) is 5.15 Å². The number of nitrogens with zero attached hydrogens (tertiary/aromatic N) is 2. The van der Waals surface area contributed by atoms with Gasteiger partial charge < -0.3 is 9.84 Å². The van der Waals surface area contributed by atoms with Crippen LogP contribution in [0.15, 0.2) is 36.7 Å². The summed E-state index contributed by atoms with van der Waals surface area (Å²) >= 11 is 5.65. The zero-order chi connectivity index (χ0) is 12.8. The minimum absolute atomic E-state index is 0.0983. The van der Waals surface area contributed by atoms with Crippen LogP contribution in [0.5, 0.6) is 5.75 Å². The summed E-state index contributed by atoms with van der Waals surface area (Å²) in [6.07, 6.45) is 3.64. The molecule has 1 aromatic heterocycles. The maximum atomic E-state index is 8.97. The zero-order valence-electron chi connectivity index (χ0n) is 9.71. The van der Waals surface area contributed by atoms with Gasteiger partial charge in [0, 0.05) is 6.61 Å². The summed E-state index contributed by atoms with van der Waals surface area (Å²) in [7, 11) is 0. The van der Waals surface area contributed by atoms with Gasteiger partial charge >= 0.3 is 0 Å². The third-order valence-corrected chi connectivity index (χ3v) is 2.60. The van der Waals surface area contributed by atoms with Crippen LogP contribution in [0.1, 0.15) is 11.3 Å². The first-order valence-corrected chi connectivity index (χ1v) is 5.95. The molecule has 1 heterocycles. The van der Waals surface area contributed by atoms with Crippen molar-refractivity contribution < 1.29 is 9.84 Å². The summed E-state index contributed by atoms with van der Waals surface area (Å²) in [5.41, 5.74) is 1.68. The molecule has 0 fully saturated rings. The predicted molar refractivity (Wildman–Crippen MR) is 68.6 cm³/mol. The van der Waals surface area contributed by atoms with E-state index in [-0.39, 0.29) is 6.61 Å². The minimum atomic E-state index is 0.0983. The summed E-state index contributed by atoms with van der Waals surface area (Å²) < 4.78 is 5.66. The van der Waals surface area contributed by atoms with Gasteiger partial charge in [-0.05, 0) is 18.1 Å². The molecule has 0 saturated heterocycles. The summed E-state index contributed by atoms with van der Waals surface area (Å²) in [6.45, 7) is 0.424. The molecule has 0 aliphatic heterocycles. The number of aromatic nitrogens is 2. The Labute approximate surface area is 110 Å². The molecule has 1 N–H and O–H groups in total. The van der Waals surface area contributed by atoms with E-state index < -0.39 is 0 Å². The van der Waals surface area contributed by atoms with Crippen LogP contribution in [-0.2, 0) is 13.0 Å². The Bertz CT molecular complexity index is 503. The highest BCUT2D eigenvalue weighted by Gasteiger charge is 2.03. The monoisotopic (exact) mass is 264 g/mol. The van der Waals surface area contributed by atoms with Crippen LogP contribution in [0.3, 0.4) is 0 Å². The minimum Gasteiger partial charge on any atom is -0.487 e. The van der Waals surface area contributed by atoms with Crippen molar-refractivity contribution in [3.8, 4) is 5.75 Å². The van der Waals surface area contributed by atoms with Gasteiger partial charge in [0.25, 0.3) is 0 Å². The summed E-state index contributed by atoms with van der Waals surface area (Å²) in [5.74, 6) is 0.753. The number of halogens is 1. The first kappa shape index (κ1) is 12.8. The Kier molecular flexibility index (Phi) is 4.50. The number of aliphatic hydroxyl groups excluding tert-OH is 1. The SMILES string of the molecule is OCCc1ccccc1OCc1cnc(Cl)cn1. The van der Waals surface area contributed by atoms with Crippen LogP contribution < -0.4 is 4.74 Å². The van der Waals surface area contributed by atoms with Gasteiger partial charge in [-0.1, -0.05) is 29.8 Å². The van der Waals surface area contributed by atoms with Crippen molar-refractivity contribution in [2.75, 3.05) is 6.61 Å². The molecule has 0 saturated carbocycles. The quantitative estimate of drug-likeness (QED) is 0.900. The number of para-hydroxylation sites is 1. The summed E-state index contributed by atoms with van der Waals surface area (Å²) in [4.78, 5) is 8.03. The molecule has 18 heavy (non-hydrogen) atoms. The van der Waals surface area contributed by atoms with Crippen molar-refractivity contribution in [1.29, 1.82) is 0 Å².